The summed E-state index contributed by atoms with van der Waals surface area (Å²) in [4.78, 5) is 4.66. The summed E-state index contributed by atoms with van der Waals surface area (Å²) in [6.07, 6.45) is 1.97. The normalized spacial score (nSPS) is 12.0. The van der Waals surface area contributed by atoms with E-state index in [1.165, 1.54) is 0 Å². The van der Waals surface area contributed by atoms with E-state index in [9.17, 15) is 0 Å². The third-order valence-electron chi connectivity index (χ3n) is 2.66. The highest BCUT2D eigenvalue weighted by Gasteiger charge is 2.18. The van der Waals surface area contributed by atoms with E-state index < -0.39 is 0 Å². The Balaban J connectivity index is 2.01. The monoisotopic (exact) mass is 279 g/mol. The predicted molar refractivity (Wildman–Crippen MR) is 77.3 cm³/mol. The summed E-state index contributed by atoms with van der Waals surface area (Å²) in [5.41, 5.74) is 2.13. The Hall–Kier alpha value is -1.27. The highest BCUT2D eigenvalue weighted by Crippen LogP contribution is 2.25. The topological polar surface area (TPSA) is 55.6 Å². The van der Waals surface area contributed by atoms with Gasteiger partial charge in [0, 0.05) is 17.3 Å². The first-order valence-electron chi connectivity index (χ1n) is 6.53. The fourth-order valence-electron chi connectivity index (χ4n) is 1.64. The molecule has 0 bridgehead atoms. The third-order valence-corrected chi connectivity index (χ3v) is 3.98. The van der Waals surface area contributed by atoms with Crippen LogP contribution in [0.1, 0.15) is 44.1 Å². The second kappa shape index (κ2) is 5.79. The molecule has 0 amide bonds. The van der Waals surface area contributed by atoms with Crippen LogP contribution in [0.15, 0.2) is 11.6 Å². The highest BCUT2D eigenvalue weighted by atomic mass is 32.1. The van der Waals surface area contributed by atoms with Gasteiger partial charge in [-0.25, -0.2) is 9.67 Å². The SMILES string of the molecule is CCNCc1cn(Cc2csc(C(C)(C)C)n2)nn1. The zero-order valence-corrected chi connectivity index (χ0v) is 12.8. The number of hydrogen-bond donors (Lipinski definition) is 1. The second-order valence-electron chi connectivity index (χ2n) is 5.58. The molecule has 2 aromatic rings. The van der Waals surface area contributed by atoms with Crippen LogP contribution in [-0.2, 0) is 18.5 Å². The van der Waals surface area contributed by atoms with Crippen molar-refractivity contribution in [1.29, 1.82) is 0 Å². The van der Waals surface area contributed by atoms with E-state index in [1.807, 2.05) is 10.9 Å². The van der Waals surface area contributed by atoms with Crippen molar-refractivity contribution in [1.82, 2.24) is 25.3 Å². The molecule has 0 aliphatic rings. The lowest BCUT2D eigenvalue weighted by molar-refractivity contribution is 0.577. The van der Waals surface area contributed by atoms with Crippen LogP contribution in [0.4, 0.5) is 0 Å². The molecule has 0 spiro atoms. The van der Waals surface area contributed by atoms with Gasteiger partial charge in [-0.05, 0) is 6.54 Å². The lowest BCUT2D eigenvalue weighted by atomic mass is 9.98. The molecular formula is C13H21N5S. The van der Waals surface area contributed by atoms with Gasteiger partial charge in [-0.1, -0.05) is 32.9 Å². The van der Waals surface area contributed by atoms with Gasteiger partial charge in [0.1, 0.15) is 0 Å². The highest BCUT2D eigenvalue weighted by molar-refractivity contribution is 7.09. The molecule has 2 aromatic heterocycles. The molecule has 5 nitrogen and oxygen atoms in total. The molecule has 0 fully saturated rings. The van der Waals surface area contributed by atoms with Crippen LogP contribution in [-0.4, -0.2) is 26.5 Å². The van der Waals surface area contributed by atoms with E-state index in [0.29, 0.717) is 6.54 Å². The molecule has 0 unspecified atom stereocenters. The summed E-state index contributed by atoms with van der Waals surface area (Å²) in [7, 11) is 0. The molecule has 104 valence electrons. The molecule has 6 heteroatoms. The van der Waals surface area contributed by atoms with Crippen LogP contribution in [0.25, 0.3) is 0 Å². The van der Waals surface area contributed by atoms with Gasteiger partial charge in [-0.2, -0.15) is 0 Å². The molecule has 0 aliphatic carbocycles. The Morgan fingerprint density at radius 3 is 2.74 bits per heavy atom. The molecule has 0 aromatic carbocycles. The molecule has 1 N–H and O–H groups in total. The van der Waals surface area contributed by atoms with Gasteiger partial charge in [0.05, 0.1) is 29.1 Å². The van der Waals surface area contributed by atoms with Gasteiger partial charge >= 0.3 is 0 Å². The maximum Gasteiger partial charge on any atom is 0.0982 e. The van der Waals surface area contributed by atoms with Gasteiger partial charge in [-0.15, -0.1) is 16.4 Å². The van der Waals surface area contributed by atoms with E-state index in [0.717, 1.165) is 29.5 Å². The number of thiazole rings is 1. The molecule has 0 radical (unpaired) electrons. The number of nitrogens with one attached hydrogen (secondary N) is 1. The van der Waals surface area contributed by atoms with Crippen molar-refractivity contribution in [2.24, 2.45) is 0 Å². The second-order valence-corrected chi connectivity index (χ2v) is 6.44. The largest absolute Gasteiger partial charge is 0.311 e. The summed E-state index contributed by atoms with van der Waals surface area (Å²) < 4.78 is 1.84. The molecule has 2 rings (SSSR count). The fourth-order valence-corrected chi connectivity index (χ4v) is 2.54. The zero-order valence-electron chi connectivity index (χ0n) is 12.0. The summed E-state index contributed by atoms with van der Waals surface area (Å²) in [5, 5.41) is 14.8. The molecule has 2 heterocycles. The number of hydrogen-bond acceptors (Lipinski definition) is 5. The van der Waals surface area contributed by atoms with Crippen LogP contribution >= 0.6 is 11.3 Å². The van der Waals surface area contributed by atoms with Crippen LogP contribution in [0.5, 0.6) is 0 Å². The summed E-state index contributed by atoms with van der Waals surface area (Å²) in [5.74, 6) is 0. The molecule has 0 aliphatic heterocycles. The average molecular weight is 279 g/mol. The van der Waals surface area contributed by atoms with E-state index in [2.05, 4.69) is 53.7 Å². The molecule has 0 atom stereocenters. The lowest BCUT2D eigenvalue weighted by Gasteiger charge is -2.13. The maximum absolute atomic E-state index is 4.66. The first-order chi connectivity index (χ1) is 8.99. The Labute approximate surface area is 118 Å². The van der Waals surface area contributed by atoms with Gasteiger partial charge in [0.25, 0.3) is 0 Å². The Kier molecular flexibility index (Phi) is 4.31. The van der Waals surface area contributed by atoms with Gasteiger partial charge in [0.2, 0.25) is 0 Å². The van der Waals surface area contributed by atoms with Gasteiger partial charge in [0.15, 0.2) is 0 Å². The first kappa shape index (κ1) is 14.1. The van der Waals surface area contributed by atoms with Crippen molar-refractivity contribution in [3.8, 4) is 0 Å². The van der Waals surface area contributed by atoms with Crippen LogP contribution in [0, 0.1) is 0 Å². The minimum absolute atomic E-state index is 0.113. The van der Waals surface area contributed by atoms with Crippen molar-refractivity contribution in [2.75, 3.05) is 6.54 Å². The van der Waals surface area contributed by atoms with Crippen molar-refractivity contribution in [3.63, 3.8) is 0 Å². The number of aromatic nitrogens is 4. The minimum atomic E-state index is 0.113. The quantitative estimate of drug-likeness (QED) is 0.911. The van der Waals surface area contributed by atoms with E-state index in [4.69, 9.17) is 0 Å². The Morgan fingerprint density at radius 1 is 1.32 bits per heavy atom. The Morgan fingerprint density at radius 2 is 2.11 bits per heavy atom. The summed E-state index contributed by atoms with van der Waals surface area (Å²) >= 11 is 1.71. The zero-order chi connectivity index (χ0) is 13.9. The first-order valence-corrected chi connectivity index (χ1v) is 7.41. The smallest absolute Gasteiger partial charge is 0.0982 e. The molecule has 19 heavy (non-hydrogen) atoms. The van der Waals surface area contributed by atoms with Crippen LogP contribution in [0.2, 0.25) is 0 Å². The van der Waals surface area contributed by atoms with Crippen molar-refractivity contribution in [3.05, 3.63) is 28.0 Å². The molecule has 0 saturated carbocycles. The predicted octanol–water partition coefficient (Wildman–Crippen LogP) is 2.19. The fraction of sp³-hybridized carbons (Fsp3) is 0.615. The van der Waals surface area contributed by atoms with Crippen LogP contribution < -0.4 is 5.32 Å². The summed E-state index contributed by atoms with van der Waals surface area (Å²) in [6.45, 7) is 11.0. The Bertz CT molecular complexity index is 523. The minimum Gasteiger partial charge on any atom is -0.311 e. The molecular weight excluding hydrogens is 258 g/mol. The average Bonchev–Trinajstić information content (AvgIpc) is 2.95. The van der Waals surface area contributed by atoms with Gasteiger partial charge in [-0.3, -0.25) is 0 Å². The lowest BCUT2D eigenvalue weighted by Crippen LogP contribution is -2.12. The van der Waals surface area contributed by atoms with Crippen molar-refractivity contribution in [2.45, 2.75) is 46.2 Å². The van der Waals surface area contributed by atoms with Crippen LogP contribution in [0.3, 0.4) is 0 Å². The number of rotatable bonds is 5. The van der Waals surface area contributed by atoms with E-state index in [1.54, 1.807) is 11.3 Å². The number of nitrogens with zero attached hydrogens (tertiary/aromatic N) is 4. The third kappa shape index (κ3) is 3.84. The standard InChI is InChI=1S/C13H21N5S/c1-5-14-6-10-7-18(17-16-10)8-11-9-19-12(15-11)13(2,3)4/h7,9,14H,5-6,8H2,1-4H3. The summed E-state index contributed by atoms with van der Waals surface area (Å²) in [6, 6.07) is 0. The molecule has 0 saturated heterocycles. The van der Waals surface area contributed by atoms with Gasteiger partial charge < -0.3 is 5.32 Å². The van der Waals surface area contributed by atoms with E-state index in [-0.39, 0.29) is 5.41 Å². The van der Waals surface area contributed by atoms with Crippen molar-refractivity contribution >= 4 is 11.3 Å². The van der Waals surface area contributed by atoms with Crippen molar-refractivity contribution < 1.29 is 0 Å². The van der Waals surface area contributed by atoms with E-state index >= 15 is 0 Å². The maximum atomic E-state index is 4.66.